The van der Waals surface area contributed by atoms with Gasteiger partial charge in [-0.3, -0.25) is 9.69 Å². The monoisotopic (exact) mass is 321 g/mol. The number of likely N-dealkylation sites (tertiary alicyclic amines) is 1. The van der Waals surface area contributed by atoms with Crippen LogP contribution in [0, 0.1) is 0 Å². The first-order valence-electron chi connectivity index (χ1n) is 8.23. The lowest BCUT2D eigenvalue weighted by atomic mass is 9.86. The summed E-state index contributed by atoms with van der Waals surface area (Å²) in [5, 5.41) is 0. The molecule has 5 heteroatoms. The highest BCUT2D eigenvalue weighted by molar-refractivity contribution is 5.84. The van der Waals surface area contributed by atoms with E-state index in [0.29, 0.717) is 19.5 Å². The van der Waals surface area contributed by atoms with Gasteiger partial charge in [-0.2, -0.15) is 0 Å². The number of carbonyl (C=O) groups is 2. The molecule has 0 amide bonds. The Morgan fingerprint density at radius 2 is 1.83 bits per heavy atom. The number of allylic oxidation sites excluding steroid dienone is 2. The Labute approximate surface area is 138 Å². The summed E-state index contributed by atoms with van der Waals surface area (Å²) in [6, 6.07) is 0. The highest BCUT2D eigenvalue weighted by atomic mass is 16.6. The maximum Gasteiger partial charge on any atom is 0.331 e. The zero-order chi connectivity index (χ0) is 17.1. The van der Waals surface area contributed by atoms with Crippen molar-refractivity contribution in [1.29, 1.82) is 0 Å². The Morgan fingerprint density at radius 3 is 2.30 bits per heavy atom. The van der Waals surface area contributed by atoms with Crippen molar-refractivity contribution in [2.75, 3.05) is 13.1 Å². The van der Waals surface area contributed by atoms with E-state index in [1.54, 1.807) is 0 Å². The number of hydrogen-bond acceptors (Lipinski definition) is 5. The SMILES string of the molecule is CC(=O)OC1CCN(C2(C(=O)OC(C)(C)C)C=CC=CC2)CC1. The number of carbonyl (C=O) groups excluding carboxylic acids is 2. The molecule has 1 saturated heterocycles. The molecule has 128 valence electrons. The summed E-state index contributed by atoms with van der Waals surface area (Å²) in [5.74, 6) is -0.456. The predicted molar refractivity (Wildman–Crippen MR) is 87.8 cm³/mol. The van der Waals surface area contributed by atoms with Crippen molar-refractivity contribution in [1.82, 2.24) is 4.90 Å². The fourth-order valence-electron chi connectivity index (χ4n) is 3.10. The molecule has 5 nitrogen and oxygen atoms in total. The van der Waals surface area contributed by atoms with Crippen molar-refractivity contribution in [3.05, 3.63) is 24.3 Å². The van der Waals surface area contributed by atoms with E-state index in [1.807, 2.05) is 45.1 Å². The molecule has 1 unspecified atom stereocenters. The molecule has 0 N–H and O–H groups in total. The topological polar surface area (TPSA) is 55.8 Å². The average molecular weight is 321 g/mol. The smallest absolute Gasteiger partial charge is 0.331 e. The summed E-state index contributed by atoms with van der Waals surface area (Å²) >= 11 is 0. The van der Waals surface area contributed by atoms with Crippen LogP contribution >= 0.6 is 0 Å². The molecule has 0 aromatic carbocycles. The van der Waals surface area contributed by atoms with Crippen molar-refractivity contribution in [3.8, 4) is 0 Å². The standard InChI is InChI=1S/C18H27NO4/c1-14(20)22-15-8-12-19(13-9-15)18(10-6-5-7-11-18)16(21)23-17(2,3)4/h5-7,10,15H,8-9,11-13H2,1-4H3. The molecular weight excluding hydrogens is 294 g/mol. The van der Waals surface area contributed by atoms with E-state index in [2.05, 4.69) is 4.90 Å². The van der Waals surface area contributed by atoms with Gasteiger partial charge in [-0.05, 0) is 40.0 Å². The number of rotatable bonds is 3. The lowest BCUT2D eigenvalue weighted by molar-refractivity contribution is -0.169. The highest BCUT2D eigenvalue weighted by Crippen LogP contribution is 2.32. The first-order chi connectivity index (χ1) is 10.7. The van der Waals surface area contributed by atoms with Crippen LogP contribution in [0.5, 0.6) is 0 Å². The second kappa shape index (κ2) is 6.87. The van der Waals surface area contributed by atoms with Crippen LogP contribution < -0.4 is 0 Å². The van der Waals surface area contributed by atoms with Gasteiger partial charge in [0.05, 0.1) is 0 Å². The van der Waals surface area contributed by atoms with Crippen LogP contribution in [0.3, 0.4) is 0 Å². The van der Waals surface area contributed by atoms with E-state index in [-0.39, 0.29) is 18.0 Å². The zero-order valence-electron chi connectivity index (χ0n) is 14.5. The molecule has 2 aliphatic rings. The minimum Gasteiger partial charge on any atom is -0.462 e. The number of ether oxygens (including phenoxy) is 2. The van der Waals surface area contributed by atoms with E-state index in [9.17, 15) is 9.59 Å². The van der Waals surface area contributed by atoms with Crippen LogP contribution in [0.1, 0.15) is 47.0 Å². The molecule has 0 aromatic heterocycles. The van der Waals surface area contributed by atoms with Gasteiger partial charge in [0.25, 0.3) is 0 Å². The van der Waals surface area contributed by atoms with Crippen LogP contribution in [0.4, 0.5) is 0 Å². The Hall–Kier alpha value is -1.62. The lowest BCUT2D eigenvalue weighted by Gasteiger charge is -2.44. The first kappa shape index (κ1) is 17.7. The van der Waals surface area contributed by atoms with Gasteiger partial charge in [0.1, 0.15) is 17.2 Å². The van der Waals surface area contributed by atoms with Gasteiger partial charge in [-0.25, -0.2) is 4.79 Å². The molecule has 1 aliphatic carbocycles. The average Bonchev–Trinajstić information content (AvgIpc) is 2.46. The summed E-state index contributed by atoms with van der Waals surface area (Å²) < 4.78 is 11.0. The fourth-order valence-corrected chi connectivity index (χ4v) is 3.10. The fraction of sp³-hybridized carbons (Fsp3) is 0.667. The quantitative estimate of drug-likeness (QED) is 0.748. The second-order valence-electron chi connectivity index (χ2n) is 7.21. The van der Waals surface area contributed by atoms with Gasteiger partial charge in [0.15, 0.2) is 0 Å². The molecule has 1 fully saturated rings. The normalized spacial score (nSPS) is 26.1. The molecule has 0 bridgehead atoms. The Kier molecular flexibility index (Phi) is 5.30. The number of esters is 2. The van der Waals surface area contributed by atoms with E-state index in [0.717, 1.165) is 12.8 Å². The first-order valence-corrected chi connectivity index (χ1v) is 8.23. The third kappa shape index (κ3) is 4.44. The maximum absolute atomic E-state index is 12.9. The van der Waals surface area contributed by atoms with E-state index in [4.69, 9.17) is 9.47 Å². The summed E-state index contributed by atoms with van der Waals surface area (Å²) in [7, 11) is 0. The molecular formula is C18H27NO4. The van der Waals surface area contributed by atoms with Crippen LogP contribution in [0.25, 0.3) is 0 Å². The summed E-state index contributed by atoms with van der Waals surface area (Å²) in [6.45, 7) is 8.49. The third-order valence-corrected chi connectivity index (χ3v) is 4.14. The van der Waals surface area contributed by atoms with Crippen LogP contribution in [0.2, 0.25) is 0 Å². The number of piperidine rings is 1. The molecule has 0 spiro atoms. The summed E-state index contributed by atoms with van der Waals surface area (Å²) in [5.41, 5.74) is -1.27. The van der Waals surface area contributed by atoms with E-state index in [1.165, 1.54) is 6.92 Å². The van der Waals surface area contributed by atoms with Gasteiger partial charge >= 0.3 is 11.9 Å². The highest BCUT2D eigenvalue weighted by Gasteiger charge is 2.45. The maximum atomic E-state index is 12.9. The second-order valence-corrected chi connectivity index (χ2v) is 7.21. The van der Waals surface area contributed by atoms with Crippen molar-refractivity contribution >= 4 is 11.9 Å². The van der Waals surface area contributed by atoms with Gasteiger partial charge in [0, 0.05) is 20.0 Å². The molecule has 0 saturated carbocycles. The Morgan fingerprint density at radius 1 is 1.17 bits per heavy atom. The molecule has 1 heterocycles. The lowest BCUT2D eigenvalue weighted by Crippen LogP contribution is -2.58. The molecule has 1 atom stereocenters. The third-order valence-electron chi connectivity index (χ3n) is 4.14. The van der Waals surface area contributed by atoms with Crippen molar-refractivity contribution in [3.63, 3.8) is 0 Å². The Bertz CT molecular complexity index is 510. The minimum atomic E-state index is -0.747. The van der Waals surface area contributed by atoms with Crippen LogP contribution in [-0.2, 0) is 19.1 Å². The molecule has 23 heavy (non-hydrogen) atoms. The van der Waals surface area contributed by atoms with Crippen LogP contribution in [0.15, 0.2) is 24.3 Å². The largest absolute Gasteiger partial charge is 0.462 e. The molecule has 1 aliphatic heterocycles. The number of nitrogens with zero attached hydrogens (tertiary/aromatic N) is 1. The van der Waals surface area contributed by atoms with Gasteiger partial charge in [0.2, 0.25) is 0 Å². The van der Waals surface area contributed by atoms with Crippen molar-refractivity contribution in [2.45, 2.75) is 64.2 Å². The van der Waals surface area contributed by atoms with Gasteiger partial charge < -0.3 is 9.47 Å². The zero-order valence-corrected chi connectivity index (χ0v) is 14.5. The van der Waals surface area contributed by atoms with Gasteiger partial charge in [-0.15, -0.1) is 0 Å². The van der Waals surface area contributed by atoms with E-state index >= 15 is 0 Å². The minimum absolute atomic E-state index is 0.0532. The molecule has 0 aromatic rings. The summed E-state index contributed by atoms with van der Waals surface area (Å²) in [6.07, 6.45) is 9.83. The van der Waals surface area contributed by atoms with Crippen molar-refractivity contribution in [2.24, 2.45) is 0 Å². The van der Waals surface area contributed by atoms with Crippen molar-refractivity contribution < 1.29 is 19.1 Å². The summed E-state index contributed by atoms with van der Waals surface area (Å²) in [4.78, 5) is 26.1. The Balaban J connectivity index is 2.11. The van der Waals surface area contributed by atoms with E-state index < -0.39 is 11.1 Å². The predicted octanol–water partition coefficient (Wildman–Crippen LogP) is 2.61. The molecule has 0 radical (unpaired) electrons. The van der Waals surface area contributed by atoms with Crippen LogP contribution in [-0.4, -0.2) is 47.2 Å². The molecule has 2 rings (SSSR count). The number of hydrogen-bond donors (Lipinski definition) is 0. The van der Waals surface area contributed by atoms with Gasteiger partial charge in [-0.1, -0.05) is 24.3 Å².